The minimum absolute atomic E-state index is 0.000139. The number of ether oxygens (including phenoxy) is 1. The second-order valence-corrected chi connectivity index (χ2v) is 3.70. The lowest BCUT2D eigenvalue weighted by atomic mass is 9.90. The van der Waals surface area contributed by atoms with Crippen molar-refractivity contribution in [1.29, 1.82) is 0 Å². The smallest absolute Gasteiger partial charge is 0.331 e. The summed E-state index contributed by atoms with van der Waals surface area (Å²) in [5.41, 5.74) is 0.0981. The molecule has 0 aliphatic heterocycles. The van der Waals surface area contributed by atoms with E-state index >= 15 is 0 Å². The number of amides is 1. The molecule has 0 spiro atoms. The second kappa shape index (κ2) is 5.09. The van der Waals surface area contributed by atoms with Crippen molar-refractivity contribution in [2.24, 2.45) is 0 Å². The number of nitrogens with one attached hydrogen (secondary N) is 1. The summed E-state index contributed by atoms with van der Waals surface area (Å²) in [7, 11) is 1.40. The third-order valence-corrected chi connectivity index (χ3v) is 2.48. The first kappa shape index (κ1) is 12.7. The highest BCUT2D eigenvalue weighted by Gasteiger charge is 2.34. The van der Waals surface area contributed by atoms with E-state index in [0.29, 0.717) is 0 Å². The van der Waals surface area contributed by atoms with Crippen LogP contribution in [-0.4, -0.2) is 47.4 Å². The van der Waals surface area contributed by atoms with Gasteiger partial charge in [0.15, 0.2) is 0 Å². The average molecular weight is 229 g/mol. The van der Waals surface area contributed by atoms with Crippen molar-refractivity contribution in [2.45, 2.75) is 31.6 Å². The number of rotatable bonds is 3. The van der Waals surface area contributed by atoms with Gasteiger partial charge in [0, 0.05) is 26.0 Å². The summed E-state index contributed by atoms with van der Waals surface area (Å²) >= 11 is 0. The number of carbonyl (C=O) groups excluding carboxylic acids is 1. The molecule has 90 valence electrons. The predicted molar refractivity (Wildman–Crippen MR) is 54.7 cm³/mol. The minimum atomic E-state index is -1.08. The quantitative estimate of drug-likeness (QED) is 0.593. The minimum Gasteiger partial charge on any atom is -0.478 e. The maximum Gasteiger partial charge on any atom is 0.331 e. The monoisotopic (exact) mass is 229 g/mol. The lowest BCUT2D eigenvalue weighted by Gasteiger charge is -2.32. The van der Waals surface area contributed by atoms with Crippen molar-refractivity contribution in [1.82, 2.24) is 5.32 Å². The van der Waals surface area contributed by atoms with Gasteiger partial charge in [0.25, 0.3) is 0 Å². The molecule has 0 unspecified atom stereocenters. The molecule has 0 saturated heterocycles. The van der Waals surface area contributed by atoms with Crippen LogP contribution in [-0.2, 0) is 14.3 Å². The van der Waals surface area contributed by atoms with E-state index in [1.807, 2.05) is 0 Å². The number of methoxy groups -OCH3 is 1. The molecule has 0 heterocycles. The van der Waals surface area contributed by atoms with Gasteiger partial charge in [-0.05, 0) is 6.08 Å². The fourth-order valence-electron chi connectivity index (χ4n) is 1.73. The molecule has 0 radical (unpaired) electrons. The first-order valence-electron chi connectivity index (χ1n) is 4.87. The Balaban J connectivity index is 2.88. The number of hydrogen-bond acceptors (Lipinski definition) is 4. The molecule has 3 atom stereocenters. The predicted octanol–water partition coefficient (Wildman–Crippen LogP) is -0.718. The Hall–Kier alpha value is -1.40. The second-order valence-electron chi connectivity index (χ2n) is 3.70. The highest BCUT2D eigenvalue weighted by molar-refractivity contribution is 5.87. The molecule has 3 N–H and O–H groups in total. The van der Waals surface area contributed by atoms with Crippen LogP contribution >= 0.6 is 0 Å². The summed E-state index contributed by atoms with van der Waals surface area (Å²) in [5, 5.41) is 21.1. The zero-order valence-electron chi connectivity index (χ0n) is 9.14. The number of aliphatic hydroxyl groups is 1. The molecule has 1 aliphatic carbocycles. The van der Waals surface area contributed by atoms with Crippen molar-refractivity contribution in [3.05, 3.63) is 11.6 Å². The third-order valence-electron chi connectivity index (χ3n) is 2.48. The van der Waals surface area contributed by atoms with E-state index < -0.39 is 24.2 Å². The topological polar surface area (TPSA) is 95.9 Å². The summed E-state index contributed by atoms with van der Waals surface area (Å²) in [6.07, 6.45) is -0.167. The van der Waals surface area contributed by atoms with Crippen LogP contribution < -0.4 is 5.32 Å². The lowest BCUT2D eigenvalue weighted by Crippen LogP contribution is -2.52. The van der Waals surface area contributed by atoms with E-state index in [2.05, 4.69) is 5.32 Å². The van der Waals surface area contributed by atoms with Gasteiger partial charge in [-0.15, -0.1) is 0 Å². The van der Waals surface area contributed by atoms with E-state index in [1.165, 1.54) is 20.1 Å². The molecule has 0 aromatic rings. The molecule has 1 amide bonds. The zero-order valence-corrected chi connectivity index (χ0v) is 9.14. The molecule has 1 rings (SSSR count). The van der Waals surface area contributed by atoms with E-state index in [1.54, 1.807) is 0 Å². The number of aliphatic carboxylic acids is 1. The fraction of sp³-hybridized carbons (Fsp3) is 0.600. The SMILES string of the molecule is CO[C@@H]1C=C(C(=O)O)C[C@H](O)[C@H]1NC(C)=O. The van der Waals surface area contributed by atoms with E-state index in [9.17, 15) is 14.7 Å². The summed E-state index contributed by atoms with van der Waals surface area (Å²) in [5.74, 6) is -1.37. The Morgan fingerprint density at radius 2 is 2.19 bits per heavy atom. The number of hydrogen-bond donors (Lipinski definition) is 3. The van der Waals surface area contributed by atoms with Crippen LogP contribution in [0.5, 0.6) is 0 Å². The maximum absolute atomic E-state index is 10.9. The molecule has 6 nitrogen and oxygen atoms in total. The van der Waals surface area contributed by atoms with Crippen LogP contribution in [0.25, 0.3) is 0 Å². The van der Waals surface area contributed by atoms with Gasteiger partial charge in [-0.2, -0.15) is 0 Å². The van der Waals surface area contributed by atoms with Crippen molar-refractivity contribution < 1.29 is 24.5 Å². The molecule has 0 saturated carbocycles. The summed E-state index contributed by atoms with van der Waals surface area (Å²) in [6.45, 7) is 1.33. The first-order chi connectivity index (χ1) is 7.45. The van der Waals surface area contributed by atoms with Crippen LogP contribution in [0.2, 0.25) is 0 Å². The van der Waals surface area contributed by atoms with Gasteiger partial charge < -0.3 is 20.3 Å². The Bertz CT molecular complexity index is 325. The summed E-state index contributed by atoms with van der Waals surface area (Å²) in [6, 6.07) is -0.606. The number of carboxylic acids is 1. The van der Waals surface area contributed by atoms with Crippen LogP contribution in [0, 0.1) is 0 Å². The highest BCUT2D eigenvalue weighted by Crippen LogP contribution is 2.21. The Morgan fingerprint density at radius 1 is 1.56 bits per heavy atom. The van der Waals surface area contributed by atoms with Crippen molar-refractivity contribution in [2.75, 3.05) is 7.11 Å². The van der Waals surface area contributed by atoms with Gasteiger partial charge in [-0.1, -0.05) is 0 Å². The van der Waals surface area contributed by atoms with Crippen LogP contribution in [0.1, 0.15) is 13.3 Å². The van der Waals surface area contributed by atoms with Crippen molar-refractivity contribution in [3.8, 4) is 0 Å². The van der Waals surface area contributed by atoms with E-state index in [-0.39, 0.29) is 17.9 Å². The molecule has 1 aliphatic rings. The van der Waals surface area contributed by atoms with Gasteiger partial charge >= 0.3 is 5.97 Å². The average Bonchev–Trinajstić information content (AvgIpc) is 2.19. The fourth-order valence-corrected chi connectivity index (χ4v) is 1.73. The number of aliphatic hydroxyl groups excluding tert-OH is 1. The normalized spacial score (nSPS) is 29.4. The van der Waals surface area contributed by atoms with Gasteiger partial charge in [-0.25, -0.2) is 4.79 Å². The van der Waals surface area contributed by atoms with Crippen molar-refractivity contribution in [3.63, 3.8) is 0 Å². The summed E-state index contributed by atoms with van der Waals surface area (Å²) in [4.78, 5) is 21.7. The lowest BCUT2D eigenvalue weighted by molar-refractivity contribution is -0.133. The van der Waals surface area contributed by atoms with Crippen LogP contribution in [0.3, 0.4) is 0 Å². The van der Waals surface area contributed by atoms with E-state index in [4.69, 9.17) is 9.84 Å². The largest absolute Gasteiger partial charge is 0.478 e. The third kappa shape index (κ3) is 2.80. The van der Waals surface area contributed by atoms with Crippen LogP contribution in [0.15, 0.2) is 11.6 Å². The highest BCUT2D eigenvalue weighted by atomic mass is 16.5. The Morgan fingerprint density at radius 3 is 2.62 bits per heavy atom. The molecule has 6 heteroatoms. The standard InChI is InChI=1S/C10H15NO5/c1-5(12)11-9-7(13)3-6(10(14)15)4-8(9)16-2/h4,7-9,13H,3H2,1-2H3,(H,11,12)(H,14,15)/t7-,8+,9+/m0/s1. The zero-order chi connectivity index (χ0) is 12.3. The molecule has 0 fully saturated rings. The van der Waals surface area contributed by atoms with E-state index in [0.717, 1.165) is 0 Å². The Kier molecular flexibility index (Phi) is 4.03. The molecule has 16 heavy (non-hydrogen) atoms. The van der Waals surface area contributed by atoms with Crippen molar-refractivity contribution >= 4 is 11.9 Å². The van der Waals surface area contributed by atoms with Crippen LogP contribution in [0.4, 0.5) is 0 Å². The maximum atomic E-state index is 10.9. The molecule has 0 bridgehead atoms. The molecular weight excluding hydrogens is 214 g/mol. The number of carbonyl (C=O) groups is 2. The molecule has 0 aromatic carbocycles. The van der Waals surface area contributed by atoms with Gasteiger partial charge in [0.1, 0.15) is 0 Å². The molecule has 0 aromatic heterocycles. The first-order valence-corrected chi connectivity index (χ1v) is 4.87. The van der Waals surface area contributed by atoms with Gasteiger partial charge in [0.05, 0.1) is 18.2 Å². The van der Waals surface area contributed by atoms with Gasteiger partial charge in [0.2, 0.25) is 5.91 Å². The van der Waals surface area contributed by atoms with Gasteiger partial charge in [-0.3, -0.25) is 4.79 Å². The molecular formula is C10H15NO5. The number of carboxylic acid groups (broad SMARTS) is 1. The Labute approximate surface area is 92.9 Å². The summed E-state index contributed by atoms with van der Waals surface area (Å²) < 4.78 is 5.04.